The average Bonchev–Trinajstić information content (AvgIpc) is 3.51. The number of para-hydroxylation sites is 1. The lowest BCUT2D eigenvalue weighted by atomic mass is 9.85. The first kappa shape index (κ1) is 25.2. The number of likely N-dealkylation sites (tertiary alicyclic amines) is 1. The number of carbonyl (C=O) groups excluding carboxylic acids is 2. The van der Waals surface area contributed by atoms with Crippen LogP contribution in [0.25, 0.3) is 10.9 Å². The number of nitrogens with zero attached hydrogens (tertiary/aromatic N) is 4. The number of H-pyrrole nitrogens is 1. The predicted octanol–water partition coefficient (Wildman–Crippen LogP) is 5.72. The van der Waals surface area contributed by atoms with E-state index in [1.165, 1.54) is 11.0 Å². The number of amides is 2. The van der Waals surface area contributed by atoms with Gasteiger partial charge in [-0.3, -0.25) is 19.6 Å². The molecule has 2 aliphatic heterocycles. The van der Waals surface area contributed by atoms with Gasteiger partial charge in [0.05, 0.1) is 34.7 Å². The number of halogens is 4. The molecule has 200 valence electrons. The molecule has 0 unspecified atom stereocenters. The van der Waals surface area contributed by atoms with Crippen molar-refractivity contribution in [1.82, 2.24) is 15.1 Å². The molecule has 2 saturated heterocycles. The Morgan fingerprint density at radius 3 is 2.46 bits per heavy atom. The van der Waals surface area contributed by atoms with Crippen molar-refractivity contribution >= 4 is 45.7 Å². The molecule has 0 bridgehead atoms. The third-order valence-corrected chi connectivity index (χ3v) is 7.96. The Kier molecular flexibility index (Phi) is 6.02. The smallest absolute Gasteiger partial charge is 0.338 e. The average molecular weight is 554 g/mol. The lowest BCUT2D eigenvalue weighted by molar-refractivity contribution is -0.137. The molecular weight excluding hydrogens is 531 g/mol. The van der Waals surface area contributed by atoms with Crippen LogP contribution in [0.3, 0.4) is 0 Å². The Morgan fingerprint density at radius 1 is 1.00 bits per heavy atom. The van der Waals surface area contributed by atoms with E-state index in [1.54, 1.807) is 29.3 Å². The third kappa shape index (κ3) is 4.28. The number of anilines is 2. The second-order valence-corrected chi connectivity index (χ2v) is 10.2. The van der Waals surface area contributed by atoms with Gasteiger partial charge in [0, 0.05) is 29.7 Å². The number of fused-ring (bicyclic) bond motifs is 1. The fraction of sp³-hybridized carbons (Fsp3) is 0.250. The van der Waals surface area contributed by atoms with Crippen LogP contribution in [0.5, 0.6) is 0 Å². The number of piperidine rings is 1. The first-order valence-corrected chi connectivity index (χ1v) is 12.8. The lowest BCUT2D eigenvalue weighted by Crippen LogP contribution is -2.57. The summed E-state index contributed by atoms with van der Waals surface area (Å²) in [5.74, 6) is -0.484. The van der Waals surface area contributed by atoms with Gasteiger partial charge in [0.2, 0.25) is 0 Å². The highest BCUT2D eigenvalue weighted by Crippen LogP contribution is 2.44. The molecule has 0 atom stereocenters. The van der Waals surface area contributed by atoms with Crippen LogP contribution in [0.1, 0.15) is 28.8 Å². The van der Waals surface area contributed by atoms with Crippen molar-refractivity contribution in [3.63, 3.8) is 0 Å². The summed E-state index contributed by atoms with van der Waals surface area (Å²) in [6.07, 6.45) is -2.30. The molecule has 2 fully saturated rings. The van der Waals surface area contributed by atoms with E-state index in [-0.39, 0.29) is 29.2 Å². The van der Waals surface area contributed by atoms with E-state index in [4.69, 9.17) is 11.6 Å². The SMILES string of the molecule is O=C(c1ccc2[nH]ncc2c1)N1CCC2(CC1)C(=O)N(c1cc(C(F)(F)F)ccc1Cl)CN2c1ccccc1. The number of benzene rings is 3. The molecule has 2 aliphatic rings. The van der Waals surface area contributed by atoms with Crippen LogP contribution in [0.4, 0.5) is 24.5 Å². The molecule has 1 aromatic heterocycles. The quantitative estimate of drug-likeness (QED) is 0.352. The fourth-order valence-corrected chi connectivity index (χ4v) is 5.77. The van der Waals surface area contributed by atoms with E-state index in [2.05, 4.69) is 10.2 Å². The number of rotatable bonds is 3. The zero-order valence-corrected chi connectivity index (χ0v) is 21.3. The van der Waals surface area contributed by atoms with E-state index in [0.29, 0.717) is 31.5 Å². The van der Waals surface area contributed by atoms with E-state index in [1.807, 2.05) is 35.2 Å². The van der Waals surface area contributed by atoms with E-state index in [0.717, 1.165) is 28.7 Å². The van der Waals surface area contributed by atoms with Crippen LogP contribution >= 0.6 is 11.6 Å². The maximum atomic E-state index is 14.1. The first-order chi connectivity index (χ1) is 18.7. The van der Waals surface area contributed by atoms with Crippen LogP contribution in [0, 0.1) is 0 Å². The predicted molar refractivity (Wildman–Crippen MR) is 142 cm³/mol. The van der Waals surface area contributed by atoms with Gasteiger partial charge in [0.25, 0.3) is 11.8 Å². The second kappa shape index (κ2) is 9.30. The standard InChI is InChI=1S/C28H23ClF3N5O2/c29-22-8-7-20(28(30,31)32)15-24(22)36-17-37(21-4-2-1-3-5-21)27(26(36)39)10-12-35(13-11-27)25(38)18-6-9-23-19(14-18)16-33-34-23/h1-9,14-16H,10-13,17H2,(H,33,34). The maximum Gasteiger partial charge on any atom is 0.416 e. The Morgan fingerprint density at radius 2 is 1.74 bits per heavy atom. The molecule has 6 rings (SSSR count). The topological polar surface area (TPSA) is 72.5 Å². The monoisotopic (exact) mass is 553 g/mol. The number of hydrogen-bond donors (Lipinski definition) is 1. The van der Waals surface area contributed by atoms with Crippen molar-refractivity contribution in [2.75, 3.05) is 29.6 Å². The minimum absolute atomic E-state index is 0.0150. The number of aromatic amines is 1. The Bertz CT molecular complexity index is 1560. The van der Waals surface area contributed by atoms with Crippen molar-refractivity contribution in [3.05, 3.63) is 89.1 Å². The van der Waals surface area contributed by atoms with Crippen LogP contribution in [0.15, 0.2) is 72.9 Å². The second-order valence-electron chi connectivity index (χ2n) is 9.80. The lowest BCUT2D eigenvalue weighted by Gasteiger charge is -2.43. The third-order valence-electron chi connectivity index (χ3n) is 7.64. The highest BCUT2D eigenvalue weighted by Gasteiger charge is 2.55. The summed E-state index contributed by atoms with van der Waals surface area (Å²) in [5.41, 5.74) is 0.215. The van der Waals surface area contributed by atoms with Gasteiger partial charge in [-0.2, -0.15) is 18.3 Å². The molecule has 0 saturated carbocycles. The normalized spacial score (nSPS) is 17.4. The van der Waals surface area contributed by atoms with Gasteiger partial charge in [0.15, 0.2) is 0 Å². The van der Waals surface area contributed by atoms with Gasteiger partial charge < -0.3 is 9.80 Å². The molecule has 4 aromatic rings. The maximum absolute atomic E-state index is 14.1. The van der Waals surface area contributed by atoms with Crippen molar-refractivity contribution < 1.29 is 22.8 Å². The first-order valence-electron chi connectivity index (χ1n) is 12.4. The van der Waals surface area contributed by atoms with Crippen molar-refractivity contribution in [2.24, 2.45) is 0 Å². The minimum atomic E-state index is -4.58. The largest absolute Gasteiger partial charge is 0.416 e. The van der Waals surface area contributed by atoms with Gasteiger partial charge in [-0.25, -0.2) is 0 Å². The Balaban J connectivity index is 1.31. The van der Waals surface area contributed by atoms with Crippen LogP contribution < -0.4 is 9.80 Å². The van der Waals surface area contributed by atoms with E-state index < -0.39 is 17.3 Å². The number of hydrogen-bond acceptors (Lipinski definition) is 4. The molecule has 1 N–H and O–H groups in total. The summed E-state index contributed by atoms with van der Waals surface area (Å²) in [6, 6.07) is 17.6. The molecule has 7 nitrogen and oxygen atoms in total. The summed E-state index contributed by atoms with van der Waals surface area (Å²) in [5, 5.41) is 7.74. The molecule has 1 spiro atoms. The molecule has 3 aromatic carbocycles. The van der Waals surface area contributed by atoms with Crippen LogP contribution in [-0.4, -0.2) is 52.2 Å². The fourth-order valence-electron chi connectivity index (χ4n) is 5.55. The van der Waals surface area contributed by atoms with Crippen molar-refractivity contribution in [2.45, 2.75) is 24.6 Å². The molecule has 0 aliphatic carbocycles. The summed E-state index contributed by atoms with van der Waals surface area (Å²) < 4.78 is 40.5. The minimum Gasteiger partial charge on any atom is -0.338 e. The zero-order valence-electron chi connectivity index (χ0n) is 20.6. The summed E-state index contributed by atoms with van der Waals surface area (Å²) >= 11 is 6.34. The number of aromatic nitrogens is 2. The van der Waals surface area contributed by atoms with Gasteiger partial charge in [0.1, 0.15) is 5.54 Å². The van der Waals surface area contributed by atoms with Gasteiger partial charge >= 0.3 is 6.18 Å². The molecule has 0 radical (unpaired) electrons. The molecule has 39 heavy (non-hydrogen) atoms. The number of nitrogens with one attached hydrogen (secondary N) is 1. The summed E-state index contributed by atoms with van der Waals surface area (Å²) in [4.78, 5) is 32.4. The van der Waals surface area contributed by atoms with E-state index >= 15 is 0 Å². The Hall–Kier alpha value is -4.05. The van der Waals surface area contributed by atoms with E-state index in [9.17, 15) is 22.8 Å². The van der Waals surface area contributed by atoms with Gasteiger partial charge in [-0.05, 0) is 61.4 Å². The van der Waals surface area contributed by atoms with Gasteiger partial charge in [-0.1, -0.05) is 29.8 Å². The van der Waals surface area contributed by atoms with Crippen molar-refractivity contribution in [3.8, 4) is 0 Å². The highest BCUT2D eigenvalue weighted by molar-refractivity contribution is 6.34. The molecule has 2 amide bonds. The van der Waals surface area contributed by atoms with Crippen LogP contribution in [-0.2, 0) is 11.0 Å². The molecule has 11 heteroatoms. The van der Waals surface area contributed by atoms with Crippen LogP contribution in [0.2, 0.25) is 5.02 Å². The molecular formula is C28H23ClF3N5O2. The number of carbonyl (C=O) groups is 2. The highest BCUT2D eigenvalue weighted by atomic mass is 35.5. The summed E-state index contributed by atoms with van der Waals surface area (Å²) in [7, 11) is 0. The van der Waals surface area contributed by atoms with Gasteiger partial charge in [-0.15, -0.1) is 0 Å². The number of alkyl halides is 3. The summed E-state index contributed by atoms with van der Waals surface area (Å²) in [6.45, 7) is 0.651. The molecule has 3 heterocycles. The zero-order chi connectivity index (χ0) is 27.4. The Labute approximate surface area is 226 Å². The van der Waals surface area contributed by atoms with Crippen molar-refractivity contribution in [1.29, 1.82) is 0 Å².